The summed E-state index contributed by atoms with van der Waals surface area (Å²) in [4.78, 5) is 20.7. The Labute approximate surface area is 114 Å². The first kappa shape index (κ1) is 11.7. The topological polar surface area (TPSA) is 69.4 Å². The van der Waals surface area contributed by atoms with Crippen LogP contribution in [0, 0.1) is 6.92 Å². The Hall–Kier alpha value is -2.34. The fourth-order valence-corrected chi connectivity index (χ4v) is 1.80. The van der Waals surface area contributed by atoms with E-state index in [1.165, 1.54) is 0 Å². The third-order valence-electron chi connectivity index (χ3n) is 2.49. The summed E-state index contributed by atoms with van der Waals surface area (Å²) < 4.78 is 1.67. The van der Waals surface area contributed by atoms with E-state index in [2.05, 4.69) is 24.9 Å². The molecule has 6 nitrogen and oxygen atoms in total. The summed E-state index contributed by atoms with van der Waals surface area (Å²) in [5, 5.41) is 0.142. The maximum Gasteiger partial charge on any atom is 0.239 e. The molecular formula is C12H9ClN6. The van der Waals surface area contributed by atoms with Crippen LogP contribution in [0.3, 0.4) is 0 Å². The number of aryl methyl sites for hydroxylation is 1. The molecule has 0 aromatic carbocycles. The van der Waals surface area contributed by atoms with Crippen LogP contribution in [0.25, 0.3) is 17.3 Å². The number of aromatic nitrogens is 6. The molecule has 0 aliphatic heterocycles. The van der Waals surface area contributed by atoms with E-state index in [-0.39, 0.29) is 5.28 Å². The zero-order valence-corrected chi connectivity index (χ0v) is 10.8. The SMILES string of the molecule is Cc1cc(-c2nc(Cl)nc(-n3ccnc3)n2)ccn1. The maximum atomic E-state index is 5.95. The zero-order chi connectivity index (χ0) is 13.2. The molecule has 3 heterocycles. The summed E-state index contributed by atoms with van der Waals surface area (Å²) in [5.74, 6) is 0.941. The quantitative estimate of drug-likeness (QED) is 0.714. The molecule has 0 fully saturated rings. The minimum Gasteiger partial charge on any atom is -0.274 e. The minimum atomic E-state index is 0.142. The van der Waals surface area contributed by atoms with Crippen molar-refractivity contribution in [1.82, 2.24) is 29.5 Å². The third-order valence-corrected chi connectivity index (χ3v) is 2.66. The largest absolute Gasteiger partial charge is 0.274 e. The molecule has 0 atom stereocenters. The van der Waals surface area contributed by atoms with Crippen molar-refractivity contribution in [3.63, 3.8) is 0 Å². The van der Waals surface area contributed by atoms with Gasteiger partial charge >= 0.3 is 0 Å². The molecule has 0 N–H and O–H groups in total. The monoisotopic (exact) mass is 272 g/mol. The molecule has 3 aromatic heterocycles. The molecule has 0 spiro atoms. The van der Waals surface area contributed by atoms with Crippen LogP contribution >= 0.6 is 11.6 Å². The minimum absolute atomic E-state index is 0.142. The fraction of sp³-hybridized carbons (Fsp3) is 0.0833. The smallest absolute Gasteiger partial charge is 0.239 e. The number of nitrogens with zero attached hydrogens (tertiary/aromatic N) is 6. The van der Waals surface area contributed by atoms with Gasteiger partial charge in [-0.3, -0.25) is 9.55 Å². The van der Waals surface area contributed by atoms with E-state index in [1.807, 2.05) is 19.1 Å². The maximum absolute atomic E-state index is 5.95. The van der Waals surface area contributed by atoms with Gasteiger partial charge in [-0.25, -0.2) is 4.98 Å². The van der Waals surface area contributed by atoms with E-state index in [0.717, 1.165) is 11.3 Å². The van der Waals surface area contributed by atoms with Gasteiger partial charge in [0.25, 0.3) is 0 Å². The van der Waals surface area contributed by atoms with Crippen LogP contribution in [0.4, 0.5) is 0 Å². The normalized spacial score (nSPS) is 10.6. The molecule has 3 aromatic rings. The van der Waals surface area contributed by atoms with Gasteiger partial charge in [-0.15, -0.1) is 0 Å². The van der Waals surface area contributed by atoms with E-state index in [1.54, 1.807) is 29.5 Å². The Kier molecular flexibility index (Phi) is 2.92. The van der Waals surface area contributed by atoms with Crippen LogP contribution in [0.1, 0.15) is 5.69 Å². The molecule has 0 radical (unpaired) electrons. The van der Waals surface area contributed by atoms with Gasteiger partial charge in [-0.05, 0) is 30.7 Å². The highest BCUT2D eigenvalue weighted by Gasteiger charge is 2.08. The van der Waals surface area contributed by atoms with Gasteiger partial charge in [-0.1, -0.05) is 0 Å². The number of imidazole rings is 1. The highest BCUT2D eigenvalue weighted by Crippen LogP contribution is 2.17. The Bertz CT molecular complexity index is 710. The van der Waals surface area contributed by atoms with E-state index in [9.17, 15) is 0 Å². The van der Waals surface area contributed by atoms with Crippen molar-refractivity contribution >= 4 is 11.6 Å². The molecule has 0 amide bonds. The number of rotatable bonds is 2. The van der Waals surface area contributed by atoms with Crippen molar-refractivity contribution in [2.45, 2.75) is 6.92 Å². The first-order valence-electron chi connectivity index (χ1n) is 5.55. The Morgan fingerprint density at radius 1 is 1.16 bits per heavy atom. The van der Waals surface area contributed by atoms with E-state index < -0.39 is 0 Å². The molecular weight excluding hydrogens is 264 g/mol. The zero-order valence-electron chi connectivity index (χ0n) is 10.0. The molecule has 7 heteroatoms. The molecule has 3 rings (SSSR count). The average Bonchev–Trinajstić information content (AvgIpc) is 2.92. The van der Waals surface area contributed by atoms with Crippen LogP contribution in [0.15, 0.2) is 37.1 Å². The van der Waals surface area contributed by atoms with Gasteiger partial charge in [0.2, 0.25) is 11.2 Å². The number of halogens is 1. The highest BCUT2D eigenvalue weighted by atomic mass is 35.5. The Balaban J connectivity index is 2.12. The third kappa shape index (κ3) is 2.43. The van der Waals surface area contributed by atoms with Crippen molar-refractivity contribution < 1.29 is 0 Å². The second kappa shape index (κ2) is 4.74. The van der Waals surface area contributed by atoms with Crippen LogP contribution in [0.2, 0.25) is 5.28 Å². The molecule has 94 valence electrons. The highest BCUT2D eigenvalue weighted by molar-refractivity contribution is 6.28. The van der Waals surface area contributed by atoms with Crippen molar-refractivity contribution in [3.8, 4) is 17.3 Å². The predicted molar refractivity (Wildman–Crippen MR) is 69.9 cm³/mol. The van der Waals surface area contributed by atoms with Gasteiger partial charge in [0, 0.05) is 29.8 Å². The molecule has 0 bridgehead atoms. The summed E-state index contributed by atoms with van der Waals surface area (Å²) in [7, 11) is 0. The predicted octanol–water partition coefficient (Wildman–Crippen LogP) is 2.08. The Morgan fingerprint density at radius 2 is 2.05 bits per heavy atom. The summed E-state index contributed by atoms with van der Waals surface area (Å²) in [6.45, 7) is 1.91. The van der Waals surface area contributed by atoms with Crippen molar-refractivity contribution in [1.29, 1.82) is 0 Å². The summed E-state index contributed by atoms with van der Waals surface area (Å²) >= 11 is 5.95. The van der Waals surface area contributed by atoms with Gasteiger partial charge in [0.1, 0.15) is 6.33 Å². The summed E-state index contributed by atoms with van der Waals surface area (Å²) in [6.07, 6.45) is 6.70. The summed E-state index contributed by atoms with van der Waals surface area (Å²) in [6, 6.07) is 3.72. The number of pyridine rings is 1. The molecule has 0 aliphatic rings. The fourth-order valence-electron chi connectivity index (χ4n) is 1.65. The lowest BCUT2D eigenvalue weighted by atomic mass is 10.2. The first-order valence-corrected chi connectivity index (χ1v) is 5.93. The van der Waals surface area contributed by atoms with Crippen LogP contribution in [0.5, 0.6) is 0 Å². The lowest BCUT2D eigenvalue weighted by molar-refractivity contribution is 0.899. The molecule has 19 heavy (non-hydrogen) atoms. The standard InChI is InChI=1S/C12H9ClN6/c1-8-6-9(2-3-15-8)10-16-11(13)18-12(17-10)19-5-4-14-7-19/h2-7H,1H3. The molecule has 0 aliphatic carbocycles. The molecule has 0 unspecified atom stereocenters. The molecule has 0 saturated carbocycles. The van der Waals surface area contributed by atoms with E-state index >= 15 is 0 Å². The number of hydrogen-bond donors (Lipinski definition) is 0. The van der Waals surface area contributed by atoms with Crippen molar-refractivity contribution in [2.75, 3.05) is 0 Å². The van der Waals surface area contributed by atoms with Gasteiger partial charge < -0.3 is 0 Å². The average molecular weight is 273 g/mol. The second-order valence-electron chi connectivity index (χ2n) is 3.88. The van der Waals surface area contributed by atoms with Crippen LogP contribution < -0.4 is 0 Å². The summed E-state index contributed by atoms with van der Waals surface area (Å²) in [5.41, 5.74) is 1.73. The van der Waals surface area contributed by atoms with Crippen molar-refractivity contribution in [2.24, 2.45) is 0 Å². The van der Waals surface area contributed by atoms with Crippen molar-refractivity contribution in [3.05, 3.63) is 48.0 Å². The van der Waals surface area contributed by atoms with Crippen LogP contribution in [-0.4, -0.2) is 29.5 Å². The lowest BCUT2D eigenvalue weighted by Gasteiger charge is -2.04. The Morgan fingerprint density at radius 3 is 2.79 bits per heavy atom. The molecule has 0 saturated heterocycles. The first-order chi connectivity index (χ1) is 9.22. The van der Waals surface area contributed by atoms with E-state index in [0.29, 0.717) is 11.8 Å². The van der Waals surface area contributed by atoms with E-state index in [4.69, 9.17) is 11.6 Å². The number of hydrogen-bond acceptors (Lipinski definition) is 5. The van der Waals surface area contributed by atoms with Gasteiger partial charge in [0.05, 0.1) is 0 Å². The van der Waals surface area contributed by atoms with Gasteiger partial charge in [-0.2, -0.15) is 15.0 Å². The second-order valence-corrected chi connectivity index (χ2v) is 4.22. The van der Waals surface area contributed by atoms with Gasteiger partial charge in [0.15, 0.2) is 5.82 Å². The van der Waals surface area contributed by atoms with Crippen LogP contribution in [-0.2, 0) is 0 Å². The lowest BCUT2D eigenvalue weighted by Crippen LogP contribution is -2.03.